The van der Waals surface area contributed by atoms with Gasteiger partial charge in [0.05, 0.1) is 15.5 Å². The normalized spacial score (nSPS) is 10.1. The molecule has 0 aliphatic heterocycles. The van der Waals surface area contributed by atoms with Gasteiger partial charge in [0.2, 0.25) is 5.91 Å². The summed E-state index contributed by atoms with van der Waals surface area (Å²) in [6, 6.07) is 8.67. The van der Waals surface area contributed by atoms with E-state index in [0.717, 1.165) is 6.07 Å². The molecule has 2 rings (SSSR count). The summed E-state index contributed by atoms with van der Waals surface area (Å²) in [6.07, 6.45) is 0. The summed E-state index contributed by atoms with van der Waals surface area (Å²) in [5.74, 6) is -0.810. The first-order valence-corrected chi connectivity index (χ1v) is 7.30. The van der Waals surface area contributed by atoms with Gasteiger partial charge in [-0.2, -0.15) is 0 Å². The topological polar surface area (TPSA) is 101 Å². The van der Waals surface area contributed by atoms with Crippen LogP contribution in [0.1, 0.15) is 22.8 Å². The van der Waals surface area contributed by atoms with Gasteiger partial charge in [-0.25, -0.2) is 0 Å². The van der Waals surface area contributed by atoms with E-state index >= 15 is 0 Å². The molecular weight excluding hydrogens is 334 g/mol. The van der Waals surface area contributed by atoms with Crippen LogP contribution in [0.2, 0.25) is 5.02 Å². The Morgan fingerprint density at radius 1 is 1.12 bits per heavy atom. The summed E-state index contributed by atoms with van der Waals surface area (Å²) in [4.78, 5) is 33.8. The molecule has 0 fully saturated rings. The smallest absolute Gasteiger partial charge is 0.270 e. The van der Waals surface area contributed by atoms with Crippen LogP contribution in [0.4, 0.5) is 17.1 Å². The molecule has 8 heteroatoms. The van der Waals surface area contributed by atoms with Crippen LogP contribution in [0.15, 0.2) is 36.4 Å². The number of nitrogens with one attached hydrogen (secondary N) is 2. The minimum Gasteiger partial charge on any atom is -0.326 e. The first kappa shape index (κ1) is 17.4. The number of anilines is 2. The van der Waals surface area contributed by atoms with E-state index in [0.29, 0.717) is 16.9 Å². The number of carbonyl (C=O) groups excluding carboxylic acids is 2. The highest BCUT2D eigenvalue weighted by atomic mass is 35.5. The van der Waals surface area contributed by atoms with Crippen molar-refractivity contribution in [1.29, 1.82) is 0 Å². The predicted molar refractivity (Wildman–Crippen MR) is 91.5 cm³/mol. The molecule has 2 aromatic carbocycles. The predicted octanol–water partition coefficient (Wildman–Crippen LogP) is 3.77. The molecule has 2 N–H and O–H groups in total. The minimum absolute atomic E-state index is 0.00445. The van der Waals surface area contributed by atoms with Crippen molar-refractivity contribution in [2.75, 3.05) is 10.6 Å². The molecular formula is C16H14ClN3O4. The van der Waals surface area contributed by atoms with Crippen LogP contribution < -0.4 is 10.6 Å². The molecule has 2 amide bonds. The van der Waals surface area contributed by atoms with Gasteiger partial charge in [-0.05, 0) is 30.7 Å². The second kappa shape index (κ2) is 7.10. The first-order valence-electron chi connectivity index (χ1n) is 6.92. The van der Waals surface area contributed by atoms with E-state index in [1.165, 1.54) is 19.1 Å². The van der Waals surface area contributed by atoms with E-state index in [9.17, 15) is 19.7 Å². The summed E-state index contributed by atoms with van der Waals surface area (Å²) in [5.41, 5.74) is 1.45. The standard InChI is InChI=1S/C16H14ClN3O4/c1-9-14(18-10(2)21)4-3-5-15(9)19-16(22)12-8-11(20(23)24)6-7-13(12)17/h3-8H,1-2H3,(H,18,21)(H,19,22). The zero-order chi connectivity index (χ0) is 17.9. The van der Waals surface area contributed by atoms with E-state index < -0.39 is 10.8 Å². The van der Waals surface area contributed by atoms with Crippen LogP contribution in [-0.4, -0.2) is 16.7 Å². The molecule has 0 spiro atoms. The third-order valence-electron chi connectivity index (χ3n) is 3.30. The van der Waals surface area contributed by atoms with Crippen molar-refractivity contribution in [3.8, 4) is 0 Å². The molecule has 0 saturated carbocycles. The van der Waals surface area contributed by atoms with Gasteiger partial charge in [-0.3, -0.25) is 19.7 Å². The Morgan fingerprint density at radius 3 is 2.33 bits per heavy atom. The molecule has 24 heavy (non-hydrogen) atoms. The first-order chi connectivity index (χ1) is 11.3. The maximum Gasteiger partial charge on any atom is 0.270 e. The van der Waals surface area contributed by atoms with Crippen molar-refractivity contribution in [2.24, 2.45) is 0 Å². The van der Waals surface area contributed by atoms with Crippen molar-refractivity contribution in [1.82, 2.24) is 0 Å². The number of rotatable bonds is 4. The lowest BCUT2D eigenvalue weighted by atomic mass is 10.1. The number of hydrogen-bond donors (Lipinski definition) is 2. The highest BCUT2D eigenvalue weighted by Crippen LogP contribution is 2.26. The number of nitro groups is 1. The fraction of sp³-hybridized carbons (Fsp3) is 0.125. The van der Waals surface area contributed by atoms with Gasteiger partial charge >= 0.3 is 0 Å². The van der Waals surface area contributed by atoms with Crippen molar-refractivity contribution in [3.63, 3.8) is 0 Å². The van der Waals surface area contributed by atoms with Crippen LogP contribution >= 0.6 is 11.6 Å². The molecule has 2 aromatic rings. The van der Waals surface area contributed by atoms with Crippen LogP contribution in [-0.2, 0) is 4.79 Å². The van der Waals surface area contributed by atoms with Gasteiger partial charge in [-0.15, -0.1) is 0 Å². The Balaban J connectivity index is 2.32. The molecule has 124 valence electrons. The molecule has 0 unspecified atom stereocenters. The highest BCUT2D eigenvalue weighted by molar-refractivity contribution is 6.34. The quantitative estimate of drug-likeness (QED) is 0.649. The number of non-ortho nitro benzene ring substituents is 1. The largest absolute Gasteiger partial charge is 0.326 e. The second-order valence-electron chi connectivity index (χ2n) is 5.03. The number of halogens is 1. The lowest BCUT2D eigenvalue weighted by Crippen LogP contribution is -2.15. The molecule has 7 nitrogen and oxygen atoms in total. The third kappa shape index (κ3) is 3.88. The number of hydrogen-bond acceptors (Lipinski definition) is 4. The monoisotopic (exact) mass is 347 g/mol. The van der Waals surface area contributed by atoms with E-state index in [1.54, 1.807) is 25.1 Å². The molecule has 0 bridgehead atoms. The van der Waals surface area contributed by atoms with Gasteiger partial charge in [0, 0.05) is 30.4 Å². The Bertz CT molecular complexity index is 836. The van der Waals surface area contributed by atoms with E-state index in [2.05, 4.69) is 10.6 Å². The lowest BCUT2D eigenvalue weighted by Gasteiger charge is -2.13. The number of amides is 2. The molecule has 0 aliphatic rings. The van der Waals surface area contributed by atoms with Crippen LogP contribution in [0.5, 0.6) is 0 Å². The zero-order valence-electron chi connectivity index (χ0n) is 12.9. The Labute approximate surface area is 142 Å². The zero-order valence-corrected chi connectivity index (χ0v) is 13.7. The molecule has 0 saturated heterocycles. The maximum atomic E-state index is 12.4. The maximum absolute atomic E-state index is 12.4. The fourth-order valence-electron chi connectivity index (χ4n) is 2.09. The number of nitro benzene ring substituents is 1. The van der Waals surface area contributed by atoms with Gasteiger partial charge in [0.15, 0.2) is 0 Å². The van der Waals surface area contributed by atoms with Crippen LogP contribution in [0.3, 0.4) is 0 Å². The van der Waals surface area contributed by atoms with Gasteiger partial charge < -0.3 is 10.6 Å². The van der Waals surface area contributed by atoms with Crippen molar-refractivity contribution in [3.05, 3.63) is 62.7 Å². The number of carbonyl (C=O) groups is 2. The van der Waals surface area contributed by atoms with Gasteiger partial charge in [0.25, 0.3) is 11.6 Å². The summed E-state index contributed by atoms with van der Waals surface area (Å²) in [7, 11) is 0. The molecule has 0 aromatic heterocycles. The fourth-order valence-corrected chi connectivity index (χ4v) is 2.29. The Morgan fingerprint density at radius 2 is 1.75 bits per heavy atom. The van der Waals surface area contributed by atoms with Gasteiger partial charge in [-0.1, -0.05) is 17.7 Å². The average molecular weight is 348 g/mol. The van der Waals surface area contributed by atoms with E-state index in [-0.39, 0.29) is 22.2 Å². The summed E-state index contributed by atoms with van der Waals surface area (Å²) >= 11 is 5.96. The average Bonchev–Trinajstić information content (AvgIpc) is 2.51. The Hall–Kier alpha value is -2.93. The van der Waals surface area contributed by atoms with Gasteiger partial charge in [0.1, 0.15) is 0 Å². The van der Waals surface area contributed by atoms with Crippen molar-refractivity contribution >= 4 is 40.5 Å². The number of benzene rings is 2. The third-order valence-corrected chi connectivity index (χ3v) is 3.63. The van der Waals surface area contributed by atoms with Crippen molar-refractivity contribution < 1.29 is 14.5 Å². The molecule has 0 radical (unpaired) electrons. The minimum atomic E-state index is -0.601. The molecule has 0 heterocycles. The summed E-state index contributed by atoms with van der Waals surface area (Å²) in [5, 5.41) is 16.2. The van der Waals surface area contributed by atoms with Crippen LogP contribution in [0.25, 0.3) is 0 Å². The Kier molecular flexibility index (Phi) is 5.15. The lowest BCUT2D eigenvalue weighted by molar-refractivity contribution is -0.384. The second-order valence-corrected chi connectivity index (χ2v) is 5.44. The van der Waals surface area contributed by atoms with Crippen LogP contribution in [0, 0.1) is 17.0 Å². The summed E-state index contributed by atoms with van der Waals surface area (Å²) in [6.45, 7) is 3.11. The van der Waals surface area contributed by atoms with Crippen molar-refractivity contribution in [2.45, 2.75) is 13.8 Å². The number of nitrogens with zero attached hydrogens (tertiary/aromatic N) is 1. The highest BCUT2D eigenvalue weighted by Gasteiger charge is 2.17. The summed E-state index contributed by atoms with van der Waals surface area (Å²) < 4.78 is 0. The van der Waals surface area contributed by atoms with E-state index in [1.807, 2.05) is 0 Å². The molecule has 0 aliphatic carbocycles. The van der Waals surface area contributed by atoms with E-state index in [4.69, 9.17) is 11.6 Å². The molecule has 0 atom stereocenters. The SMILES string of the molecule is CC(=O)Nc1cccc(NC(=O)c2cc([N+](=O)[O-])ccc2Cl)c1C.